The number of likely N-dealkylation sites (tertiary alicyclic amines) is 1. The molecule has 1 nitrogen and oxygen atoms in total. The van der Waals surface area contributed by atoms with Crippen molar-refractivity contribution in [3.05, 3.63) is 11.8 Å². The third-order valence-corrected chi connectivity index (χ3v) is 3.91. The summed E-state index contributed by atoms with van der Waals surface area (Å²) in [4.78, 5) is 2.64. The van der Waals surface area contributed by atoms with Gasteiger partial charge in [0.2, 0.25) is 0 Å². The molecule has 0 spiro atoms. The summed E-state index contributed by atoms with van der Waals surface area (Å²) in [6.07, 6.45) is 9.34. The zero-order valence-electron chi connectivity index (χ0n) is 11.5. The van der Waals surface area contributed by atoms with Crippen LogP contribution >= 0.6 is 0 Å². The van der Waals surface area contributed by atoms with Crippen LogP contribution in [-0.4, -0.2) is 18.0 Å². The Hall–Kier alpha value is -0.460. The van der Waals surface area contributed by atoms with Crippen molar-refractivity contribution in [2.45, 2.75) is 59.8 Å². The first-order chi connectivity index (χ1) is 7.38. The van der Waals surface area contributed by atoms with Crippen molar-refractivity contribution >= 4 is 0 Å². The predicted octanol–water partition coefficient (Wildman–Crippen LogP) is 4.20. The van der Waals surface area contributed by atoms with Gasteiger partial charge in [0.15, 0.2) is 0 Å². The monoisotopic (exact) mass is 221 g/mol. The van der Waals surface area contributed by atoms with Crippen LogP contribution in [0, 0.1) is 10.8 Å². The second-order valence-electron chi connectivity index (χ2n) is 7.19. The number of rotatable bonds is 1. The molecular weight excluding hydrogens is 194 g/mol. The Morgan fingerprint density at radius 3 is 2.19 bits per heavy atom. The third-order valence-electron chi connectivity index (χ3n) is 3.91. The molecule has 0 atom stereocenters. The average Bonchev–Trinajstić information content (AvgIpc) is 2.14. The number of nitrogens with zero attached hydrogens (tertiary/aromatic N) is 1. The molecule has 92 valence electrons. The van der Waals surface area contributed by atoms with E-state index in [4.69, 9.17) is 0 Å². The number of hydrogen-bond acceptors (Lipinski definition) is 1. The second kappa shape index (κ2) is 4.09. The molecule has 0 amide bonds. The maximum atomic E-state index is 2.64. The molecule has 0 bridgehead atoms. The van der Waals surface area contributed by atoms with Crippen molar-refractivity contribution in [1.82, 2.24) is 4.90 Å². The molecule has 0 aromatic heterocycles. The summed E-state index contributed by atoms with van der Waals surface area (Å²) in [7, 11) is 0. The first-order valence-corrected chi connectivity index (χ1v) is 6.85. The van der Waals surface area contributed by atoms with Crippen LogP contribution in [0.25, 0.3) is 0 Å². The molecule has 16 heavy (non-hydrogen) atoms. The molecule has 0 aromatic rings. The highest BCUT2D eigenvalue weighted by Gasteiger charge is 2.34. The molecule has 0 unspecified atom stereocenters. The molecule has 2 aliphatic rings. The van der Waals surface area contributed by atoms with Gasteiger partial charge in [-0.15, -0.1) is 0 Å². The van der Waals surface area contributed by atoms with Gasteiger partial charge in [0.25, 0.3) is 0 Å². The quantitative estimate of drug-likeness (QED) is 0.641. The third kappa shape index (κ3) is 2.81. The van der Waals surface area contributed by atoms with E-state index in [0.717, 1.165) is 0 Å². The van der Waals surface area contributed by atoms with E-state index in [0.29, 0.717) is 10.8 Å². The Morgan fingerprint density at radius 1 is 1.00 bits per heavy atom. The Kier molecular flexibility index (Phi) is 3.07. The van der Waals surface area contributed by atoms with Crippen molar-refractivity contribution in [3.63, 3.8) is 0 Å². The van der Waals surface area contributed by atoms with E-state index in [-0.39, 0.29) is 0 Å². The second-order valence-corrected chi connectivity index (χ2v) is 7.19. The summed E-state index contributed by atoms with van der Waals surface area (Å²) in [5, 5.41) is 0. The minimum Gasteiger partial charge on any atom is -0.375 e. The van der Waals surface area contributed by atoms with Crippen molar-refractivity contribution < 1.29 is 0 Å². The van der Waals surface area contributed by atoms with Crippen molar-refractivity contribution in [2.75, 3.05) is 13.1 Å². The highest BCUT2D eigenvalue weighted by Crippen LogP contribution is 2.45. The lowest BCUT2D eigenvalue weighted by Crippen LogP contribution is -2.36. The van der Waals surface area contributed by atoms with Gasteiger partial charge < -0.3 is 4.90 Å². The largest absolute Gasteiger partial charge is 0.375 e. The van der Waals surface area contributed by atoms with Gasteiger partial charge >= 0.3 is 0 Å². The number of piperidine rings is 1. The van der Waals surface area contributed by atoms with Crippen LogP contribution in [0.2, 0.25) is 0 Å². The van der Waals surface area contributed by atoms with Gasteiger partial charge in [-0.2, -0.15) is 0 Å². The number of allylic oxidation sites excluding steroid dienone is 2. The molecule has 0 aromatic carbocycles. The lowest BCUT2D eigenvalue weighted by atomic mass is 9.68. The molecule has 1 heteroatoms. The highest BCUT2D eigenvalue weighted by molar-refractivity contribution is 5.15. The zero-order valence-corrected chi connectivity index (χ0v) is 11.5. The molecule has 0 radical (unpaired) electrons. The van der Waals surface area contributed by atoms with Crippen LogP contribution < -0.4 is 0 Å². The number of hydrogen-bond donors (Lipinski definition) is 0. The smallest absolute Gasteiger partial charge is 0.0174 e. The first kappa shape index (κ1) is 12.0. The van der Waals surface area contributed by atoms with Gasteiger partial charge in [-0.1, -0.05) is 33.8 Å². The van der Waals surface area contributed by atoms with Crippen LogP contribution in [-0.2, 0) is 0 Å². The van der Waals surface area contributed by atoms with Crippen molar-refractivity contribution in [3.8, 4) is 0 Å². The van der Waals surface area contributed by atoms with E-state index in [1.165, 1.54) is 45.2 Å². The average molecular weight is 221 g/mol. The molecule has 0 saturated carbocycles. The van der Waals surface area contributed by atoms with Gasteiger partial charge in [0, 0.05) is 18.8 Å². The van der Waals surface area contributed by atoms with Gasteiger partial charge in [0.05, 0.1) is 0 Å². The fourth-order valence-corrected chi connectivity index (χ4v) is 3.72. The minimum atomic E-state index is 0.383. The predicted molar refractivity (Wildman–Crippen MR) is 70.3 cm³/mol. The molecule has 1 fully saturated rings. The SMILES string of the molecule is CC1(C)C=C(N2CCCCC2)CC(C)(C)C1. The van der Waals surface area contributed by atoms with Gasteiger partial charge in [-0.05, 0) is 42.9 Å². The lowest BCUT2D eigenvalue weighted by Gasteiger charge is -2.44. The summed E-state index contributed by atoms with van der Waals surface area (Å²) < 4.78 is 0. The molecule has 0 N–H and O–H groups in total. The summed E-state index contributed by atoms with van der Waals surface area (Å²) in [5.74, 6) is 0. The summed E-state index contributed by atoms with van der Waals surface area (Å²) in [6, 6.07) is 0. The maximum absolute atomic E-state index is 2.64. The molecule has 1 heterocycles. The fourth-order valence-electron chi connectivity index (χ4n) is 3.72. The summed E-state index contributed by atoms with van der Waals surface area (Å²) in [6.45, 7) is 12.2. The fraction of sp³-hybridized carbons (Fsp3) is 0.867. The Bertz CT molecular complexity index is 280. The van der Waals surface area contributed by atoms with Crippen LogP contribution in [0.15, 0.2) is 11.8 Å². The standard InChI is InChI=1S/C15H27N/c1-14(2)10-13(11-15(3,4)12-14)16-8-6-5-7-9-16/h10H,5-9,11-12H2,1-4H3. The van der Waals surface area contributed by atoms with Crippen molar-refractivity contribution in [1.29, 1.82) is 0 Å². The Morgan fingerprint density at radius 2 is 1.62 bits per heavy atom. The van der Waals surface area contributed by atoms with E-state index >= 15 is 0 Å². The molecule has 1 aliphatic heterocycles. The Balaban J connectivity index is 2.16. The van der Waals surface area contributed by atoms with E-state index in [9.17, 15) is 0 Å². The van der Waals surface area contributed by atoms with Crippen LogP contribution in [0.5, 0.6) is 0 Å². The molecular formula is C15H27N. The summed E-state index contributed by atoms with van der Waals surface area (Å²) in [5.41, 5.74) is 2.49. The van der Waals surface area contributed by atoms with E-state index < -0.39 is 0 Å². The zero-order chi connectivity index (χ0) is 11.8. The topological polar surface area (TPSA) is 3.24 Å². The van der Waals surface area contributed by atoms with Gasteiger partial charge in [-0.3, -0.25) is 0 Å². The van der Waals surface area contributed by atoms with Crippen LogP contribution in [0.4, 0.5) is 0 Å². The lowest BCUT2D eigenvalue weighted by molar-refractivity contribution is 0.169. The molecule has 1 aliphatic carbocycles. The van der Waals surface area contributed by atoms with Gasteiger partial charge in [0.1, 0.15) is 0 Å². The van der Waals surface area contributed by atoms with E-state index in [1.807, 2.05) is 0 Å². The van der Waals surface area contributed by atoms with Crippen LogP contribution in [0.3, 0.4) is 0 Å². The van der Waals surface area contributed by atoms with Gasteiger partial charge in [-0.25, -0.2) is 0 Å². The summed E-state index contributed by atoms with van der Waals surface area (Å²) >= 11 is 0. The van der Waals surface area contributed by atoms with Crippen LogP contribution in [0.1, 0.15) is 59.8 Å². The van der Waals surface area contributed by atoms with Crippen molar-refractivity contribution in [2.24, 2.45) is 10.8 Å². The minimum absolute atomic E-state index is 0.383. The maximum Gasteiger partial charge on any atom is 0.0174 e. The first-order valence-electron chi connectivity index (χ1n) is 6.85. The highest BCUT2D eigenvalue weighted by atomic mass is 15.1. The molecule has 2 rings (SSSR count). The van der Waals surface area contributed by atoms with E-state index in [1.54, 1.807) is 5.70 Å². The Labute approximate surface area is 101 Å². The normalized spacial score (nSPS) is 28.8. The van der Waals surface area contributed by atoms with E-state index in [2.05, 4.69) is 38.7 Å². The molecule has 1 saturated heterocycles.